The zero-order valence-electron chi connectivity index (χ0n) is 18.5. The number of aromatic nitrogens is 2. The first-order chi connectivity index (χ1) is 14.7. The third-order valence-electron chi connectivity index (χ3n) is 5.46. The Balaban J connectivity index is 0.00000107. The van der Waals surface area contributed by atoms with Crippen LogP contribution in [0.15, 0.2) is 24.2 Å². The number of urea groups is 1. The number of piperidine rings is 1. The van der Waals surface area contributed by atoms with Crippen molar-refractivity contribution in [2.45, 2.75) is 46.1 Å². The lowest BCUT2D eigenvalue weighted by molar-refractivity contribution is -0.135. The lowest BCUT2D eigenvalue weighted by Crippen LogP contribution is -2.58. The summed E-state index contributed by atoms with van der Waals surface area (Å²) in [7, 11) is 0. The van der Waals surface area contributed by atoms with Crippen LogP contribution < -0.4 is 0 Å². The molecule has 2 fully saturated rings. The monoisotopic (exact) mass is 433 g/mol. The fourth-order valence-electron chi connectivity index (χ4n) is 3.94. The number of H-pyrrole nitrogens is 1. The number of allylic oxidation sites excluding steroid dienone is 1. The van der Waals surface area contributed by atoms with Gasteiger partial charge in [0.05, 0.1) is 12.5 Å². The van der Waals surface area contributed by atoms with Crippen molar-refractivity contribution in [3.8, 4) is 0 Å². The molecule has 10 heteroatoms. The molecule has 2 saturated heterocycles. The van der Waals surface area contributed by atoms with Crippen molar-refractivity contribution in [1.29, 1.82) is 0 Å². The minimum absolute atomic E-state index is 0.124. The normalized spacial score (nSPS) is 17.6. The summed E-state index contributed by atoms with van der Waals surface area (Å²) in [6.07, 6.45) is 5.79. The van der Waals surface area contributed by atoms with E-state index in [9.17, 15) is 14.4 Å². The SMILES string of the molecule is CC(C)=CCN1C(=O)N(CC(C)C)C2(CCN(C(=O)c3cnc[nH]3)CC2)C1=O.O=CO. The molecule has 10 nitrogen and oxygen atoms in total. The van der Waals surface area contributed by atoms with E-state index >= 15 is 0 Å². The van der Waals surface area contributed by atoms with Gasteiger partial charge in [0.15, 0.2) is 0 Å². The summed E-state index contributed by atoms with van der Waals surface area (Å²) < 4.78 is 0. The van der Waals surface area contributed by atoms with Gasteiger partial charge in [0.1, 0.15) is 11.2 Å². The molecular formula is C21H31N5O5. The molecule has 0 atom stereocenters. The molecular weight excluding hydrogens is 402 g/mol. The van der Waals surface area contributed by atoms with Crippen LogP contribution in [-0.4, -0.2) is 85.8 Å². The minimum Gasteiger partial charge on any atom is -0.483 e. The van der Waals surface area contributed by atoms with E-state index in [0.29, 0.717) is 44.7 Å². The maximum atomic E-state index is 13.3. The molecule has 0 radical (unpaired) electrons. The average molecular weight is 434 g/mol. The first kappa shape index (κ1) is 24.1. The Morgan fingerprint density at radius 1 is 1.29 bits per heavy atom. The number of hydrogen-bond acceptors (Lipinski definition) is 5. The molecule has 3 heterocycles. The zero-order chi connectivity index (χ0) is 23.2. The fraction of sp³-hybridized carbons (Fsp3) is 0.571. The van der Waals surface area contributed by atoms with Crippen molar-refractivity contribution in [3.63, 3.8) is 0 Å². The number of amides is 4. The molecule has 4 amide bonds. The van der Waals surface area contributed by atoms with Crippen LogP contribution >= 0.6 is 0 Å². The predicted molar refractivity (Wildman–Crippen MR) is 113 cm³/mol. The molecule has 0 aliphatic carbocycles. The van der Waals surface area contributed by atoms with Gasteiger partial charge in [0.2, 0.25) is 0 Å². The number of likely N-dealkylation sites (tertiary alicyclic amines) is 1. The van der Waals surface area contributed by atoms with Gasteiger partial charge in [-0.15, -0.1) is 0 Å². The molecule has 2 aliphatic rings. The van der Waals surface area contributed by atoms with Gasteiger partial charge in [-0.05, 0) is 32.6 Å². The standard InChI is InChI=1S/C20H29N5O3.CH2O2/c1-14(2)5-8-24-18(27)20(25(19(24)28)12-15(3)4)6-9-23(10-7-20)17(26)16-11-21-13-22-16;2-1-3/h5,11,13,15H,6-10,12H2,1-4H3,(H,21,22);1H,(H,2,3). The van der Waals surface area contributed by atoms with Crippen LogP contribution in [0.2, 0.25) is 0 Å². The van der Waals surface area contributed by atoms with Crippen molar-refractivity contribution in [2.75, 3.05) is 26.2 Å². The third kappa shape index (κ3) is 5.12. The topological polar surface area (TPSA) is 127 Å². The van der Waals surface area contributed by atoms with Gasteiger partial charge >= 0.3 is 6.03 Å². The van der Waals surface area contributed by atoms with Crippen LogP contribution in [0, 0.1) is 5.92 Å². The van der Waals surface area contributed by atoms with Gasteiger partial charge in [-0.25, -0.2) is 9.78 Å². The van der Waals surface area contributed by atoms with E-state index in [1.54, 1.807) is 9.80 Å². The van der Waals surface area contributed by atoms with Crippen LogP contribution in [0.4, 0.5) is 4.79 Å². The summed E-state index contributed by atoms with van der Waals surface area (Å²) in [6, 6.07) is -0.218. The van der Waals surface area contributed by atoms with Gasteiger partial charge in [-0.2, -0.15) is 0 Å². The van der Waals surface area contributed by atoms with Crippen LogP contribution in [0.25, 0.3) is 0 Å². The van der Waals surface area contributed by atoms with Gasteiger partial charge in [-0.1, -0.05) is 25.5 Å². The Hall–Kier alpha value is -3.17. The summed E-state index contributed by atoms with van der Waals surface area (Å²) in [5, 5.41) is 6.89. The quantitative estimate of drug-likeness (QED) is 0.415. The molecule has 0 saturated carbocycles. The molecule has 1 spiro atoms. The summed E-state index contributed by atoms with van der Waals surface area (Å²) in [6.45, 7) is 9.43. The highest BCUT2D eigenvalue weighted by atomic mass is 16.3. The average Bonchev–Trinajstić information content (AvgIpc) is 3.31. The number of carbonyl (C=O) groups excluding carboxylic acids is 3. The maximum absolute atomic E-state index is 13.3. The van der Waals surface area contributed by atoms with E-state index in [-0.39, 0.29) is 30.2 Å². The van der Waals surface area contributed by atoms with Crippen LogP contribution in [-0.2, 0) is 9.59 Å². The second-order valence-electron chi connectivity index (χ2n) is 8.38. The number of hydrogen-bond donors (Lipinski definition) is 2. The zero-order valence-corrected chi connectivity index (χ0v) is 18.5. The van der Waals surface area contributed by atoms with Crippen LogP contribution in [0.3, 0.4) is 0 Å². The highest BCUT2D eigenvalue weighted by Crippen LogP contribution is 2.38. The van der Waals surface area contributed by atoms with Crippen molar-refractivity contribution in [3.05, 3.63) is 29.9 Å². The molecule has 1 aromatic heterocycles. The Kier molecular flexibility index (Phi) is 7.95. The summed E-state index contributed by atoms with van der Waals surface area (Å²) in [4.78, 5) is 58.9. The van der Waals surface area contributed by atoms with Gasteiger partial charge in [0.25, 0.3) is 18.3 Å². The van der Waals surface area contributed by atoms with E-state index in [1.807, 2.05) is 33.8 Å². The Bertz CT molecular complexity index is 821. The fourth-order valence-corrected chi connectivity index (χ4v) is 3.94. The molecule has 2 N–H and O–H groups in total. The first-order valence-electron chi connectivity index (χ1n) is 10.3. The summed E-state index contributed by atoms with van der Waals surface area (Å²) >= 11 is 0. The number of aromatic amines is 1. The molecule has 0 aromatic carbocycles. The first-order valence-corrected chi connectivity index (χ1v) is 10.3. The molecule has 1 aromatic rings. The molecule has 31 heavy (non-hydrogen) atoms. The molecule has 0 bridgehead atoms. The van der Waals surface area contributed by atoms with Gasteiger partial charge in [0, 0.05) is 26.2 Å². The second kappa shape index (κ2) is 10.2. The van der Waals surface area contributed by atoms with E-state index in [0.717, 1.165) is 5.57 Å². The van der Waals surface area contributed by atoms with Crippen molar-refractivity contribution in [2.24, 2.45) is 5.92 Å². The highest BCUT2D eigenvalue weighted by Gasteiger charge is 2.57. The highest BCUT2D eigenvalue weighted by molar-refractivity contribution is 6.07. The number of imidazole rings is 1. The minimum atomic E-state index is -0.846. The molecule has 0 unspecified atom stereocenters. The molecule has 170 valence electrons. The number of carbonyl (C=O) groups is 4. The van der Waals surface area contributed by atoms with Crippen molar-refractivity contribution in [1.82, 2.24) is 24.7 Å². The van der Waals surface area contributed by atoms with E-state index < -0.39 is 5.54 Å². The maximum Gasteiger partial charge on any atom is 0.327 e. The number of nitrogens with one attached hydrogen (secondary N) is 1. The molecule has 2 aliphatic heterocycles. The number of carboxylic acid groups (broad SMARTS) is 1. The van der Waals surface area contributed by atoms with E-state index in [2.05, 4.69) is 9.97 Å². The van der Waals surface area contributed by atoms with E-state index in [1.165, 1.54) is 17.4 Å². The molecule has 3 rings (SSSR count). The van der Waals surface area contributed by atoms with Gasteiger partial charge < -0.3 is 19.9 Å². The Morgan fingerprint density at radius 3 is 2.39 bits per heavy atom. The lowest BCUT2D eigenvalue weighted by Gasteiger charge is -2.42. The Morgan fingerprint density at radius 2 is 1.90 bits per heavy atom. The van der Waals surface area contributed by atoms with E-state index in [4.69, 9.17) is 9.90 Å². The van der Waals surface area contributed by atoms with Gasteiger partial charge in [-0.3, -0.25) is 19.3 Å². The van der Waals surface area contributed by atoms with Crippen molar-refractivity contribution < 1.29 is 24.3 Å². The third-order valence-corrected chi connectivity index (χ3v) is 5.46. The second-order valence-corrected chi connectivity index (χ2v) is 8.38. The number of imide groups is 1. The van der Waals surface area contributed by atoms with Crippen LogP contribution in [0.5, 0.6) is 0 Å². The summed E-state index contributed by atoms with van der Waals surface area (Å²) in [5.74, 6) is -0.00750. The predicted octanol–water partition coefficient (Wildman–Crippen LogP) is 1.97. The van der Waals surface area contributed by atoms with Crippen LogP contribution in [0.1, 0.15) is 51.0 Å². The number of rotatable bonds is 5. The smallest absolute Gasteiger partial charge is 0.327 e. The number of nitrogens with zero attached hydrogens (tertiary/aromatic N) is 4. The lowest BCUT2D eigenvalue weighted by atomic mass is 9.85. The largest absolute Gasteiger partial charge is 0.483 e. The van der Waals surface area contributed by atoms with Crippen molar-refractivity contribution >= 4 is 24.3 Å². The summed E-state index contributed by atoms with van der Waals surface area (Å²) in [5.41, 5.74) is 0.660. The Labute approximate surface area is 181 Å².